The van der Waals surface area contributed by atoms with Gasteiger partial charge in [-0.3, -0.25) is 4.79 Å². The van der Waals surface area contributed by atoms with E-state index < -0.39 is 0 Å². The summed E-state index contributed by atoms with van der Waals surface area (Å²) in [6.45, 7) is 2.32. The van der Waals surface area contributed by atoms with Crippen molar-refractivity contribution in [3.8, 4) is 5.75 Å². The lowest BCUT2D eigenvalue weighted by Gasteiger charge is -2.11. The molecule has 0 radical (unpaired) electrons. The van der Waals surface area contributed by atoms with Crippen LogP contribution < -0.4 is 9.75 Å². The quantitative estimate of drug-likeness (QED) is 0.445. The van der Waals surface area contributed by atoms with Crippen molar-refractivity contribution in [2.45, 2.75) is 6.92 Å². The summed E-state index contributed by atoms with van der Waals surface area (Å²) in [5, 5.41) is 6.81. The first-order chi connectivity index (χ1) is 14.6. The van der Waals surface area contributed by atoms with Gasteiger partial charge in [-0.25, -0.2) is 0 Å². The van der Waals surface area contributed by atoms with E-state index in [9.17, 15) is 4.79 Å². The molecule has 0 spiro atoms. The number of hydrogen-bond donors (Lipinski definition) is 0. The molecule has 1 aliphatic rings. The van der Waals surface area contributed by atoms with Gasteiger partial charge in [0.25, 0.3) is 5.91 Å². The molecule has 1 aliphatic heterocycles. The van der Waals surface area contributed by atoms with Crippen molar-refractivity contribution >= 4 is 46.6 Å². The molecule has 1 amide bonds. The number of hydrazone groups is 1. The number of carbonyl (C=O) groups excluding carboxylic acids is 1. The molecule has 0 atom stereocenters. The van der Waals surface area contributed by atoms with Crippen LogP contribution in [0, 0.1) is 0 Å². The normalized spacial score (nSPS) is 14.9. The third kappa shape index (κ3) is 3.97. The Hall–Kier alpha value is -3.08. The highest BCUT2D eigenvalue weighted by Gasteiger charge is 2.32. The molecule has 0 aromatic heterocycles. The van der Waals surface area contributed by atoms with Crippen LogP contribution in [0.2, 0.25) is 10.0 Å². The molecule has 6 heteroatoms. The standard InChI is InChI=1S/C24H18Cl2N2O2/c1-2-30-23-20(25)14-16(15-21(23)26)13-19-22(17-9-5-3-6-10-17)27-28(24(19)29)18-11-7-4-8-12-18/h3-15H,2H2,1H3/b19-13-. The highest BCUT2D eigenvalue weighted by atomic mass is 35.5. The largest absolute Gasteiger partial charge is 0.491 e. The molecule has 3 aromatic carbocycles. The molecule has 4 rings (SSSR count). The van der Waals surface area contributed by atoms with Gasteiger partial charge in [0.05, 0.1) is 27.9 Å². The highest BCUT2D eigenvalue weighted by molar-refractivity contribution is 6.39. The van der Waals surface area contributed by atoms with Crippen molar-refractivity contribution in [3.05, 3.63) is 99.5 Å². The number of amides is 1. The van der Waals surface area contributed by atoms with Gasteiger partial charge in [0.1, 0.15) is 5.71 Å². The minimum atomic E-state index is -0.221. The van der Waals surface area contributed by atoms with Crippen LogP contribution in [-0.4, -0.2) is 18.2 Å². The van der Waals surface area contributed by atoms with E-state index in [2.05, 4.69) is 5.10 Å². The molecule has 3 aromatic rings. The van der Waals surface area contributed by atoms with Gasteiger partial charge in [-0.05, 0) is 42.8 Å². The fourth-order valence-corrected chi connectivity index (χ4v) is 3.82. The van der Waals surface area contributed by atoms with Gasteiger partial charge in [0.2, 0.25) is 0 Å². The Kier molecular flexibility index (Phi) is 5.88. The van der Waals surface area contributed by atoms with Crippen LogP contribution >= 0.6 is 23.2 Å². The lowest BCUT2D eigenvalue weighted by molar-refractivity contribution is -0.114. The Morgan fingerprint density at radius 3 is 2.17 bits per heavy atom. The number of carbonyl (C=O) groups is 1. The molecule has 0 saturated carbocycles. The van der Waals surface area contributed by atoms with Crippen molar-refractivity contribution in [2.24, 2.45) is 5.10 Å². The second-order valence-electron chi connectivity index (χ2n) is 6.57. The number of anilines is 1. The zero-order chi connectivity index (χ0) is 21.1. The summed E-state index contributed by atoms with van der Waals surface area (Å²) in [7, 11) is 0. The summed E-state index contributed by atoms with van der Waals surface area (Å²) < 4.78 is 5.50. The fourth-order valence-electron chi connectivity index (χ4n) is 3.21. The third-order valence-corrected chi connectivity index (χ3v) is 5.11. The molecular formula is C24H18Cl2N2O2. The molecule has 0 N–H and O–H groups in total. The second kappa shape index (κ2) is 8.74. The van der Waals surface area contributed by atoms with Gasteiger partial charge in [0, 0.05) is 5.56 Å². The Morgan fingerprint density at radius 2 is 1.57 bits per heavy atom. The summed E-state index contributed by atoms with van der Waals surface area (Å²) >= 11 is 12.7. The fraction of sp³-hybridized carbons (Fsp3) is 0.0833. The maximum atomic E-state index is 13.3. The summed E-state index contributed by atoms with van der Waals surface area (Å²) in [4.78, 5) is 13.3. The number of rotatable bonds is 5. The lowest BCUT2D eigenvalue weighted by Crippen LogP contribution is -2.21. The first-order valence-electron chi connectivity index (χ1n) is 9.46. The molecule has 30 heavy (non-hydrogen) atoms. The molecule has 0 fully saturated rings. The molecule has 0 bridgehead atoms. The van der Waals surface area contributed by atoms with E-state index in [1.165, 1.54) is 5.01 Å². The van der Waals surface area contributed by atoms with E-state index in [1.807, 2.05) is 67.6 Å². The van der Waals surface area contributed by atoms with Crippen molar-refractivity contribution in [1.82, 2.24) is 0 Å². The van der Waals surface area contributed by atoms with Gasteiger partial charge in [-0.1, -0.05) is 71.7 Å². The Bertz CT molecular complexity index is 1120. The molecule has 0 saturated heterocycles. The van der Waals surface area contributed by atoms with Gasteiger partial charge >= 0.3 is 0 Å². The maximum absolute atomic E-state index is 13.3. The topological polar surface area (TPSA) is 41.9 Å². The van der Waals surface area contributed by atoms with Crippen LogP contribution in [0.4, 0.5) is 5.69 Å². The maximum Gasteiger partial charge on any atom is 0.281 e. The van der Waals surface area contributed by atoms with Crippen molar-refractivity contribution in [2.75, 3.05) is 11.6 Å². The number of ether oxygens (including phenoxy) is 1. The average molecular weight is 437 g/mol. The van der Waals surface area contributed by atoms with Gasteiger partial charge in [-0.2, -0.15) is 10.1 Å². The lowest BCUT2D eigenvalue weighted by atomic mass is 10.00. The average Bonchev–Trinajstić information content (AvgIpc) is 3.08. The van der Waals surface area contributed by atoms with Crippen LogP contribution in [-0.2, 0) is 4.79 Å². The van der Waals surface area contributed by atoms with Crippen LogP contribution in [0.25, 0.3) is 6.08 Å². The minimum absolute atomic E-state index is 0.221. The molecular weight excluding hydrogens is 419 g/mol. The smallest absolute Gasteiger partial charge is 0.281 e. The second-order valence-corrected chi connectivity index (χ2v) is 7.39. The van der Waals surface area contributed by atoms with E-state index in [0.717, 1.165) is 5.56 Å². The molecule has 0 aliphatic carbocycles. The number of nitrogens with zero attached hydrogens (tertiary/aromatic N) is 2. The summed E-state index contributed by atoms with van der Waals surface area (Å²) in [5.74, 6) is 0.213. The van der Waals surface area contributed by atoms with Gasteiger partial charge in [-0.15, -0.1) is 0 Å². The third-order valence-electron chi connectivity index (χ3n) is 4.55. The molecule has 4 nitrogen and oxygen atoms in total. The van der Waals surface area contributed by atoms with Crippen LogP contribution in [0.3, 0.4) is 0 Å². The minimum Gasteiger partial charge on any atom is -0.491 e. The first kappa shape index (κ1) is 20.2. The van der Waals surface area contributed by atoms with Crippen LogP contribution in [0.15, 0.2) is 83.5 Å². The zero-order valence-corrected chi connectivity index (χ0v) is 17.7. The first-order valence-corrected chi connectivity index (χ1v) is 10.2. The summed E-state index contributed by atoms with van der Waals surface area (Å²) in [6, 6.07) is 22.4. The molecule has 0 unspecified atom stereocenters. The Balaban J connectivity index is 1.81. The van der Waals surface area contributed by atoms with E-state index in [0.29, 0.717) is 44.9 Å². The predicted octanol–water partition coefficient (Wildman–Crippen LogP) is 6.23. The number of halogens is 2. The van der Waals surface area contributed by atoms with E-state index in [-0.39, 0.29) is 5.91 Å². The van der Waals surface area contributed by atoms with Crippen LogP contribution in [0.1, 0.15) is 18.1 Å². The van der Waals surface area contributed by atoms with Crippen LogP contribution in [0.5, 0.6) is 5.75 Å². The highest BCUT2D eigenvalue weighted by Crippen LogP contribution is 2.36. The summed E-state index contributed by atoms with van der Waals surface area (Å²) in [6.07, 6.45) is 1.75. The Morgan fingerprint density at radius 1 is 0.967 bits per heavy atom. The Labute approximate surface area is 185 Å². The van der Waals surface area contributed by atoms with Crippen molar-refractivity contribution in [1.29, 1.82) is 0 Å². The van der Waals surface area contributed by atoms with Gasteiger partial charge in [0.15, 0.2) is 5.75 Å². The number of para-hydroxylation sites is 1. The van der Waals surface area contributed by atoms with Gasteiger partial charge < -0.3 is 4.74 Å². The molecule has 150 valence electrons. The van der Waals surface area contributed by atoms with E-state index in [4.69, 9.17) is 27.9 Å². The zero-order valence-electron chi connectivity index (χ0n) is 16.2. The number of benzene rings is 3. The van der Waals surface area contributed by atoms with Crippen molar-refractivity contribution in [3.63, 3.8) is 0 Å². The van der Waals surface area contributed by atoms with E-state index in [1.54, 1.807) is 18.2 Å². The monoisotopic (exact) mass is 436 g/mol. The SMILES string of the molecule is CCOc1c(Cl)cc(/C=C2\C(=O)N(c3ccccc3)N=C2c2ccccc2)cc1Cl. The van der Waals surface area contributed by atoms with E-state index >= 15 is 0 Å². The summed E-state index contributed by atoms with van der Waals surface area (Å²) in [5.41, 5.74) is 3.28. The predicted molar refractivity (Wildman–Crippen MR) is 123 cm³/mol. The number of hydrogen-bond acceptors (Lipinski definition) is 3. The van der Waals surface area contributed by atoms with Crippen molar-refractivity contribution < 1.29 is 9.53 Å². The molecule has 1 heterocycles.